The standard InChI is InChI=1S/C14H22N2O.ClH/c1-3-14(4-2,11-15)16-13(17)10-12-8-6-5-7-9-12;/h5-9H,3-4,10-11,15H2,1-2H3,(H,16,17);1H. The Morgan fingerprint density at radius 3 is 2.22 bits per heavy atom. The summed E-state index contributed by atoms with van der Waals surface area (Å²) in [4.78, 5) is 11.9. The minimum atomic E-state index is -0.244. The largest absolute Gasteiger partial charge is 0.349 e. The van der Waals surface area contributed by atoms with Crippen molar-refractivity contribution in [1.29, 1.82) is 0 Å². The highest BCUT2D eigenvalue weighted by Crippen LogP contribution is 2.13. The van der Waals surface area contributed by atoms with E-state index in [0.29, 0.717) is 13.0 Å². The molecule has 102 valence electrons. The summed E-state index contributed by atoms with van der Waals surface area (Å²) in [7, 11) is 0. The van der Waals surface area contributed by atoms with Crippen LogP contribution in [0.5, 0.6) is 0 Å². The average molecular weight is 271 g/mol. The van der Waals surface area contributed by atoms with E-state index < -0.39 is 0 Å². The zero-order valence-electron chi connectivity index (χ0n) is 11.1. The second kappa shape index (κ2) is 8.11. The van der Waals surface area contributed by atoms with E-state index in [0.717, 1.165) is 18.4 Å². The molecular weight excluding hydrogens is 248 g/mol. The minimum absolute atomic E-state index is 0. The molecule has 0 fully saturated rings. The van der Waals surface area contributed by atoms with Crippen LogP contribution in [0, 0.1) is 0 Å². The topological polar surface area (TPSA) is 55.1 Å². The summed E-state index contributed by atoms with van der Waals surface area (Å²) in [6.45, 7) is 4.60. The van der Waals surface area contributed by atoms with E-state index in [1.807, 2.05) is 30.3 Å². The Labute approximate surface area is 116 Å². The van der Waals surface area contributed by atoms with Crippen LogP contribution in [0.4, 0.5) is 0 Å². The molecule has 3 N–H and O–H groups in total. The molecule has 0 spiro atoms. The maximum atomic E-state index is 11.9. The Kier molecular flexibility index (Phi) is 7.64. The van der Waals surface area contributed by atoms with Gasteiger partial charge in [0.15, 0.2) is 0 Å². The summed E-state index contributed by atoms with van der Waals surface area (Å²) in [6, 6.07) is 9.75. The molecule has 0 radical (unpaired) electrons. The van der Waals surface area contributed by atoms with Crippen molar-refractivity contribution >= 4 is 18.3 Å². The Bertz CT molecular complexity index is 342. The highest BCUT2D eigenvalue weighted by Gasteiger charge is 2.25. The summed E-state index contributed by atoms with van der Waals surface area (Å²) >= 11 is 0. The lowest BCUT2D eigenvalue weighted by Gasteiger charge is -2.31. The van der Waals surface area contributed by atoms with Crippen LogP contribution in [0.3, 0.4) is 0 Å². The smallest absolute Gasteiger partial charge is 0.224 e. The molecule has 0 aliphatic heterocycles. The van der Waals surface area contributed by atoms with Gasteiger partial charge in [0, 0.05) is 6.54 Å². The van der Waals surface area contributed by atoms with Crippen LogP contribution in [0.1, 0.15) is 32.3 Å². The number of hydrogen-bond donors (Lipinski definition) is 2. The van der Waals surface area contributed by atoms with Gasteiger partial charge >= 0.3 is 0 Å². The predicted molar refractivity (Wildman–Crippen MR) is 77.9 cm³/mol. The van der Waals surface area contributed by atoms with E-state index in [9.17, 15) is 4.79 Å². The van der Waals surface area contributed by atoms with Crippen molar-refractivity contribution in [1.82, 2.24) is 5.32 Å². The van der Waals surface area contributed by atoms with E-state index in [-0.39, 0.29) is 23.9 Å². The Morgan fingerprint density at radius 2 is 1.78 bits per heavy atom. The number of hydrogen-bond acceptors (Lipinski definition) is 2. The summed E-state index contributed by atoms with van der Waals surface area (Å²) in [5, 5.41) is 3.06. The summed E-state index contributed by atoms with van der Waals surface area (Å²) < 4.78 is 0. The van der Waals surface area contributed by atoms with Gasteiger partial charge in [-0.25, -0.2) is 0 Å². The molecule has 0 saturated heterocycles. The van der Waals surface area contributed by atoms with Crippen molar-refractivity contribution in [2.45, 2.75) is 38.6 Å². The fourth-order valence-electron chi connectivity index (χ4n) is 1.89. The summed E-state index contributed by atoms with van der Waals surface area (Å²) in [6.07, 6.45) is 2.14. The number of carbonyl (C=O) groups is 1. The number of benzene rings is 1. The van der Waals surface area contributed by atoms with Crippen LogP contribution in [-0.2, 0) is 11.2 Å². The van der Waals surface area contributed by atoms with Gasteiger partial charge in [-0.1, -0.05) is 44.2 Å². The molecule has 1 rings (SSSR count). The zero-order valence-corrected chi connectivity index (χ0v) is 11.9. The lowest BCUT2D eigenvalue weighted by atomic mass is 9.92. The maximum absolute atomic E-state index is 11.9. The SMILES string of the molecule is CCC(CC)(CN)NC(=O)Cc1ccccc1.Cl. The average Bonchev–Trinajstić information content (AvgIpc) is 2.37. The summed E-state index contributed by atoms with van der Waals surface area (Å²) in [5.74, 6) is 0.0466. The lowest BCUT2D eigenvalue weighted by molar-refractivity contribution is -0.122. The quantitative estimate of drug-likeness (QED) is 0.833. The van der Waals surface area contributed by atoms with E-state index in [1.54, 1.807) is 0 Å². The highest BCUT2D eigenvalue weighted by atomic mass is 35.5. The van der Waals surface area contributed by atoms with Crippen molar-refractivity contribution in [2.75, 3.05) is 6.54 Å². The normalized spacial score (nSPS) is 10.6. The van der Waals surface area contributed by atoms with Crippen LogP contribution in [-0.4, -0.2) is 18.0 Å². The number of nitrogens with two attached hydrogens (primary N) is 1. The van der Waals surface area contributed by atoms with Crippen molar-refractivity contribution < 1.29 is 4.79 Å². The number of carbonyl (C=O) groups excluding carboxylic acids is 1. The maximum Gasteiger partial charge on any atom is 0.224 e. The van der Waals surface area contributed by atoms with Gasteiger partial charge in [0.1, 0.15) is 0 Å². The van der Waals surface area contributed by atoms with Crippen LogP contribution in [0.15, 0.2) is 30.3 Å². The summed E-state index contributed by atoms with van der Waals surface area (Å²) in [5.41, 5.74) is 6.54. The van der Waals surface area contributed by atoms with E-state index in [1.165, 1.54) is 0 Å². The molecule has 0 heterocycles. The van der Waals surface area contributed by atoms with Gasteiger partial charge in [-0.15, -0.1) is 12.4 Å². The molecule has 0 bridgehead atoms. The second-order valence-corrected chi connectivity index (χ2v) is 4.40. The van der Waals surface area contributed by atoms with Crippen LogP contribution in [0.25, 0.3) is 0 Å². The molecule has 0 aliphatic rings. The predicted octanol–water partition coefficient (Wildman–Crippen LogP) is 2.28. The first-order valence-electron chi connectivity index (χ1n) is 6.21. The fraction of sp³-hybridized carbons (Fsp3) is 0.500. The molecule has 0 aromatic heterocycles. The van der Waals surface area contributed by atoms with Crippen molar-refractivity contribution in [2.24, 2.45) is 5.73 Å². The fourth-order valence-corrected chi connectivity index (χ4v) is 1.89. The molecule has 0 aliphatic carbocycles. The molecule has 4 heteroatoms. The molecule has 3 nitrogen and oxygen atoms in total. The van der Waals surface area contributed by atoms with Gasteiger partial charge in [0.25, 0.3) is 0 Å². The van der Waals surface area contributed by atoms with Crippen molar-refractivity contribution in [3.05, 3.63) is 35.9 Å². The molecule has 0 unspecified atom stereocenters. The minimum Gasteiger partial charge on any atom is -0.349 e. The van der Waals surface area contributed by atoms with Gasteiger partial charge in [0.05, 0.1) is 12.0 Å². The Balaban J connectivity index is 0.00000289. The third-order valence-electron chi connectivity index (χ3n) is 3.36. The van der Waals surface area contributed by atoms with E-state index >= 15 is 0 Å². The first-order chi connectivity index (χ1) is 8.15. The zero-order chi connectivity index (χ0) is 12.7. The van der Waals surface area contributed by atoms with Gasteiger partial charge in [-0.2, -0.15) is 0 Å². The number of rotatable bonds is 6. The molecule has 0 saturated carbocycles. The monoisotopic (exact) mass is 270 g/mol. The molecule has 18 heavy (non-hydrogen) atoms. The van der Waals surface area contributed by atoms with E-state index in [2.05, 4.69) is 19.2 Å². The van der Waals surface area contributed by atoms with Crippen molar-refractivity contribution in [3.8, 4) is 0 Å². The lowest BCUT2D eigenvalue weighted by Crippen LogP contribution is -2.53. The third-order valence-corrected chi connectivity index (χ3v) is 3.36. The second-order valence-electron chi connectivity index (χ2n) is 4.40. The Hall–Kier alpha value is -1.06. The van der Waals surface area contributed by atoms with Crippen LogP contribution >= 0.6 is 12.4 Å². The van der Waals surface area contributed by atoms with Crippen LogP contribution < -0.4 is 11.1 Å². The first kappa shape index (κ1) is 16.9. The van der Waals surface area contributed by atoms with Gasteiger partial charge in [0.2, 0.25) is 5.91 Å². The number of amides is 1. The first-order valence-corrected chi connectivity index (χ1v) is 6.21. The van der Waals surface area contributed by atoms with E-state index in [4.69, 9.17) is 5.73 Å². The number of nitrogens with one attached hydrogen (secondary N) is 1. The van der Waals surface area contributed by atoms with Gasteiger partial charge in [-0.3, -0.25) is 4.79 Å². The van der Waals surface area contributed by atoms with Crippen molar-refractivity contribution in [3.63, 3.8) is 0 Å². The van der Waals surface area contributed by atoms with Gasteiger partial charge < -0.3 is 11.1 Å². The number of halogens is 1. The highest BCUT2D eigenvalue weighted by molar-refractivity contribution is 5.85. The molecule has 1 aromatic rings. The third kappa shape index (κ3) is 4.67. The molecular formula is C14H23ClN2O. The van der Waals surface area contributed by atoms with Crippen LogP contribution in [0.2, 0.25) is 0 Å². The Morgan fingerprint density at radius 1 is 1.22 bits per heavy atom. The molecule has 0 atom stereocenters. The molecule has 1 aromatic carbocycles. The molecule has 1 amide bonds. The van der Waals surface area contributed by atoms with Gasteiger partial charge in [-0.05, 0) is 18.4 Å².